The Morgan fingerprint density at radius 2 is 2.31 bits per heavy atom. The lowest BCUT2D eigenvalue weighted by molar-refractivity contribution is 0.409. The van der Waals surface area contributed by atoms with Gasteiger partial charge in [-0.1, -0.05) is 6.42 Å². The lowest BCUT2D eigenvalue weighted by Gasteiger charge is -2.24. The maximum Gasteiger partial charge on any atom is 0.129 e. The van der Waals surface area contributed by atoms with E-state index in [2.05, 4.69) is 9.97 Å². The minimum absolute atomic E-state index is 0.605. The SMILES string of the molecule is ClCCc1nccc(C2CCC2)n1. The van der Waals surface area contributed by atoms with Gasteiger partial charge >= 0.3 is 0 Å². The molecule has 3 heteroatoms. The third-order valence-corrected chi connectivity index (χ3v) is 2.76. The van der Waals surface area contributed by atoms with Gasteiger partial charge in [0.2, 0.25) is 0 Å². The molecule has 0 amide bonds. The summed E-state index contributed by atoms with van der Waals surface area (Å²) in [5.74, 6) is 2.19. The molecule has 0 unspecified atom stereocenters. The van der Waals surface area contributed by atoms with Crippen LogP contribution in [0.4, 0.5) is 0 Å². The van der Waals surface area contributed by atoms with Gasteiger partial charge in [0.15, 0.2) is 0 Å². The molecule has 1 aromatic rings. The topological polar surface area (TPSA) is 25.8 Å². The minimum atomic E-state index is 0.605. The number of rotatable bonds is 3. The summed E-state index contributed by atoms with van der Waals surface area (Å²) in [5, 5.41) is 0. The van der Waals surface area contributed by atoms with Crippen LogP contribution in [0.25, 0.3) is 0 Å². The van der Waals surface area contributed by atoms with E-state index in [0.29, 0.717) is 11.8 Å². The first-order valence-electron chi connectivity index (χ1n) is 4.78. The number of nitrogens with zero attached hydrogens (tertiary/aromatic N) is 2. The molecule has 70 valence electrons. The van der Waals surface area contributed by atoms with Gasteiger partial charge in [0, 0.05) is 30.1 Å². The van der Waals surface area contributed by atoms with Crippen molar-refractivity contribution in [3.8, 4) is 0 Å². The Balaban J connectivity index is 2.11. The van der Waals surface area contributed by atoms with Gasteiger partial charge in [-0.15, -0.1) is 11.6 Å². The van der Waals surface area contributed by atoms with Crippen molar-refractivity contribution in [3.63, 3.8) is 0 Å². The molecule has 13 heavy (non-hydrogen) atoms. The number of aromatic nitrogens is 2. The van der Waals surface area contributed by atoms with Crippen LogP contribution >= 0.6 is 11.6 Å². The molecule has 1 aliphatic rings. The fourth-order valence-electron chi connectivity index (χ4n) is 1.55. The van der Waals surface area contributed by atoms with Crippen LogP contribution in [0, 0.1) is 0 Å². The van der Waals surface area contributed by atoms with Crippen molar-refractivity contribution in [2.75, 3.05) is 5.88 Å². The van der Waals surface area contributed by atoms with Crippen LogP contribution in [0.1, 0.15) is 36.7 Å². The molecule has 2 rings (SSSR count). The van der Waals surface area contributed by atoms with Crippen LogP contribution in [-0.2, 0) is 6.42 Å². The van der Waals surface area contributed by atoms with Crippen molar-refractivity contribution < 1.29 is 0 Å². The van der Waals surface area contributed by atoms with Crippen LogP contribution in [0.2, 0.25) is 0 Å². The lowest BCUT2D eigenvalue weighted by Crippen LogP contribution is -2.12. The molecule has 0 atom stereocenters. The second kappa shape index (κ2) is 4.05. The molecule has 1 aromatic heterocycles. The van der Waals surface area contributed by atoms with Gasteiger partial charge < -0.3 is 0 Å². The van der Waals surface area contributed by atoms with Gasteiger partial charge in [0.25, 0.3) is 0 Å². The smallest absolute Gasteiger partial charge is 0.129 e. The molecule has 0 radical (unpaired) electrons. The molecule has 1 aliphatic carbocycles. The average molecular weight is 197 g/mol. The zero-order chi connectivity index (χ0) is 9.10. The Morgan fingerprint density at radius 1 is 1.46 bits per heavy atom. The van der Waals surface area contributed by atoms with E-state index in [1.807, 2.05) is 12.3 Å². The summed E-state index contributed by atoms with van der Waals surface area (Å²) in [6.45, 7) is 0. The quantitative estimate of drug-likeness (QED) is 0.695. The first-order valence-corrected chi connectivity index (χ1v) is 5.31. The van der Waals surface area contributed by atoms with Gasteiger partial charge in [0.1, 0.15) is 5.82 Å². The van der Waals surface area contributed by atoms with E-state index < -0.39 is 0 Å². The highest BCUT2D eigenvalue weighted by Crippen LogP contribution is 2.34. The zero-order valence-electron chi connectivity index (χ0n) is 7.54. The highest BCUT2D eigenvalue weighted by molar-refractivity contribution is 6.17. The Morgan fingerprint density at radius 3 is 2.92 bits per heavy atom. The van der Waals surface area contributed by atoms with Gasteiger partial charge in [-0.3, -0.25) is 0 Å². The van der Waals surface area contributed by atoms with Crippen molar-refractivity contribution in [1.82, 2.24) is 9.97 Å². The summed E-state index contributed by atoms with van der Waals surface area (Å²) < 4.78 is 0. The Labute approximate surface area is 83.4 Å². The van der Waals surface area contributed by atoms with Crippen LogP contribution in [-0.4, -0.2) is 15.8 Å². The van der Waals surface area contributed by atoms with E-state index in [-0.39, 0.29) is 0 Å². The second-order valence-electron chi connectivity index (χ2n) is 3.46. The minimum Gasteiger partial charge on any atom is -0.241 e. The summed E-state index contributed by atoms with van der Waals surface area (Å²) in [5.41, 5.74) is 1.21. The van der Waals surface area contributed by atoms with E-state index in [1.165, 1.54) is 25.0 Å². The van der Waals surface area contributed by atoms with E-state index in [9.17, 15) is 0 Å². The fraction of sp³-hybridized carbons (Fsp3) is 0.600. The van der Waals surface area contributed by atoms with Crippen molar-refractivity contribution >= 4 is 11.6 Å². The summed E-state index contributed by atoms with van der Waals surface area (Å²) in [4.78, 5) is 8.66. The molecule has 0 N–H and O–H groups in total. The van der Waals surface area contributed by atoms with Crippen molar-refractivity contribution in [3.05, 3.63) is 23.8 Å². The van der Waals surface area contributed by atoms with Crippen LogP contribution in [0.15, 0.2) is 12.3 Å². The molecule has 0 aliphatic heterocycles. The van der Waals surface area contributed by atoms with Crippen LogP contribution < -0.4 is 0 Å². The molecule has 0 bridgehead atoms. The number of halogens is 1. The molecule has 2 nitrogen and oxygen atoms in total. The van der Waals surface area contributed by atoms with Gasteiger partial charge in [-0.05, 0) is 18.9 Å². The van der Waals surface area contributed by atoms with Gasteiger partial charge in [-0.25, -0.2) is 9.97 Å². The van der Waals surface area contributed by atoms with Crippen LogP contribution in [0.5, 0.6) is 0 Å². The molecule has 1 heterocycles. The number of alkyl halides is 1. The average Bonchev–Trinajstić information content (AvgIpc) is 2.02. The Bertz CT molecular complexity index is 284. The lowest BCUT2D eigenvalue weighted by atomic mass is 9.83. The number of aryl methyl sites for hydroxylation is 1. The number of hydrogen-bond acceptors (Lipinski definition) is 2. The molecule has 1 saturated carbocycles. The molecular formula is C10H13ClN2. The Hall–Kier alpha value is -0.630. The maximum atomic E-state index is 5.64. The normalized spacial score (nSPS) is 17.0. The van der Waals surface area contributed by atoms with E-state index in [1.54, 1.807) is 0 Å². The monoisotopic (exact) mass is 196 g/mol. The summed E-state index contributed by atoms with van der Waals surface area (Å²) in [7, 11) is 0. The van der Waals surface area contributed by atoms with Crippen molar-refractivity contribution in [1.29, 1.82) is 0 Å². The summed E-state index contributed by atoms with van der Waals surface area (Å²) in [6, 6.07) is 2.03. The van der Waals surface area contributed by atoms with Gasteiger partial charge in [0.05, 0.1) is 0 Å². The molecular weight excluding hydrogens is 184 g/mol. The molecule has 0 aromatic carbocycles. The van der Waals surface area contributed by atoms with Gasteiger partial charge in [-0.2, -0.15) is 0 Å². The first kappa shape index (κ1) is 8.95. The molecule has 0 saturated heterocycles. The predicted molar refractivity (Wildman–Crippen MR) is 53.0 cm³/mol. The second-order valence-corrected chi connectivity index (χ2v) is 3.84. The highest BCUT2D eigenvalue weighted by Gasteiger charge is 2.20. The van der Waals surface area contributed by atoms with E-state index >= 15 is 0 Å². The van der Waals surface area contributed by atoms with Crippen molar-refractivity contribution in [2.24, 2.45) is 0 Å². The first-order chi connectivity index (χ1) is 6.40. The van der Waals surface area contributed by atoms with E-state index in [4.69, 9.17) is 11.6 Å². The zero-order valence-corrected chi connectivity index (χ0v) is 8.30. The number of hydrogen-bond donors (Lipinski definition) is 0. The predicted octanol–water partition coefficient (Wildman–Crippen LogP) is 2.53. The van der Waals surface area contributed by atoms with E-state index in [0.717, 1.165) is 12.2 Å². The maximum absolute atomic E-state index is 5.64. The van der Waals surface area contributed by atoms with Crippen molar-refractivity contribution in [2.45, 2.75) is 31.6 Å². The third-order valence-electron chi connectivity index (χ3n) is 2.57. The standard InChI is InChI=1S/C10H13ClN2/c11-6-4-10-12-7-5-9(13-10)8-2-1-3-8/h5,7-8H,1-4,6H2. The fourth-order valence-corrected chi connectivity index (χ4v) is 1.72. The summed E-state index contributed by atoms with van der Waals surface area (Å²) >= 11 is 5.64. The third kappa shape index (κ3) is 1.99. The van der Waals surface area contributed by atoms with Crippen LogP contribution in [0.3, 0.4) is 0 Å². The highest BCUT2D eigenvalue weighted by atomic mass is 35.5. The molecule has 1 fully saturated rings. The summed E-state index contributed by atoms with van der Waals surface area (Å²) in [6.07, 6.45) is 6.55. The molecule has 0 spiro atoms. The Kier molecular flexibility index (Phi) is 2.79. The largest absolute Gasteiger partial charge is 0.241 e.